The van der Waals surface area contributed by atoms with Gasteiger partial charge < -0.3 is 19.5 Å². The summed E-state index contributed by atoms with van der Waals surface area (Å²) < 4.78 is 45.2. The summed E-state index contributed by atoms with van der Waals surface area (Å²) in [6.07, 6.45) is 0.914. The number of fused-ring (bicyclic) bond motifs is 1. The van der Waals surface area contributed by atoms with E-state index in [4.69, 9.17) is 14.2 Å². The van der Waals surface area contributed by atoms with Crippen molar-refractivity contribution >= 4 is 21.7 Å². The zero-order valence-corrected chi connectivity index (χ0v) is 19.8. The fourth-order valence-corrected chi connectivity index (χ4v) is 4.35. The van der Waals surface area contributed by atoms with E-state index in [1.165, 1.54) is 18.9 Å². The zero-order chi connectivity index (χ0) is 23.6. The second kappa shape index (κ2) is 9.33. The summed E-state index contributed by atoms with van der Waals surface area (Å²) in [5.74, 6) is 0.477. The topological polar surface area (TPSA) is 134 Å². The SMILES string of the molecule is COc1cc(C(C)C)c(NC(=O)NS(=O)(=O)c2cnn3c2OC[C@@H](OC)C3)c(C(C)C)n1. The van der Waals surface area contributed by atoms with Gasteiger partial charge in [-0.05, 0) is 17.4 Å². The number of rotatable bonds is 7. The predicted octanol–water partition coefficient (Wildman–Crippen LogP) is 2.45. The summed E-state index contributed by atoms with van der Waals surface area (Å²) in [5, 5.41) is 6.72. The molecule has 2 aromatic heterocycles. The van der Waals surface area contributed by atoms with Crippen LogP contribution in [0.15, 0.2) is 17.2 Å². The molecular formula is C20H29N5O6S. The Kier molecular flexibility index (Phi) is 6.94. The van der Waals surface area contributed by atoms with Crippen molar-refractivity contribution in [1.29, 1.82) is 0 Å². The summed E-state index contributed by atoms with van der Waals surface area (Å²) in [6.45, 7) is 8.31. The van der Waals surface area contributed by atoms with Gasteiger partial charge in [0.2, 0.25) is 11.8 Å². The van der Waals surface area contributed by atoms with E-state index in [1.807, 2.05) is 32.4 Å². The number of sulfonamides is 1. The fraction of sp³-hybridized carbons (Fsp3) is 0.550. The minimum absolute atomic E-state index is 0.0288. The smallest absolute Gasteiger partial charge is 0.333 e. The highest BCUT2D eigenvalue weighted by Crippen LogP contribution is 2.34. The number of anilines is 1. The standard InChI is InChI=1S/C20H29N5O6S/c1-11(2)14-7-16(30-6)22-17(12(3)4)18(14)23-20(26)24-32(27,28)15-8-21-25-9-13(29-5)10-31-19(15)25/h7-8,11-13H,9-10H2,1-6H3,(H2,23,24,26)/t13-/m0/s1. The van der Waals surface area contributed by atoms with Crippen molar-refractivity contribution in [1.82, 2.24) is 19.5 Å². The van der Waals surface area contributed by atoms with Crippen LogP contribution in [0.4, 0.5) is 10.5 Å². The van der Waals surface area contributed by atoms with Gasteiger partial charge in [0.05, 0.1) is 31.2 Å². The van der Waals surface area contributed by atoms with Gasteiger partial charge >= 0.3 is 6.03 Å². The maximum Gasteiger partial charge on any atom is 0.333 e. The van der Waals surface area contributed by atoms with E-state index in [0.717, 1.165) is 11.8 Å². The number of methoxy groups -OCH3 is 2. The van der Waals surface area contributed by atoms with E-state index in [2.05, 4.69) is 15.4 Å². The van der Waals surface area contributed by atoms with Crippen LogP contribution in [0.2, 0.25) is 0 Å². The van der Waals surface area contributed by atoms with E-state index in [-0.39, 0.29) is 35.3 Å². The monoisotopic (exact) mass is 467 g/mol. The lowest BCUT2D eigenvalue weighted by molar-refractivity contribution is 0.0165. The zero-order valence-electron chi connectivity index (χ0n) is 19.0. The van der Waals surface area contributed by atoms with E-state index in [0.29, 0.717) is 23.8 Å². The number of pyridine rings is 1. The molecule has 1 aliphatic rings. The summed E-state index contributed by atoms with van der Waals surface area (Å²) in [6, 6.07) is 0.820. The normalized spacial score (nSPS) is 15.9. The molecule has 2 N–H and O–H groups in total. The minimum Gasteiger partial charge on any atom is -0.481 e. The van der Waals surface area contributed by atoms with Gasteiger partial charge in [-0.25, -0.2) is 27.6 Å². The number of nitrogens with one attached hydrogen (secondary N) is 2. The summed E-state index contributed by atoms with van der Waals surface area (Å²) in [7, 11) is -1.18. The third-order valence-corrected chi connectivity index (χ3v) is 6.38. The second-order valence-electron chi connectivity index (χ2n) is 8.05. The highest BCUT2D eigenvalue weighted by atomic mass is 32.2. The van der Waals surface area contributed by atoms with E-state index < -0.39 is 16.1 Å². The number of carbonyl (C=O) groups excluding carboxylic acids is 1. The van der Waals surface area contributed by atoms with Gasteiger partial charge in [-0.3, -0.25) is 0 Å². The van der Waals surface area contributed by atoms with Gasteiger partial charge in [-0.2, -0.15) is 5.10 Å². The molecular weight excluding hydrogens is 438 g/mol. The Labute approximate surface area is 187 Å². The van der Waals surface area contributed by atoms with Crippen LogP contribution in [-0.4, -0.2) is 56.1 Å². The molecule has 0 saturated heterocycles. The molecule has 0 saturated carbocycles. The van der Waals surface area contributed by atoms with Crippen molar-refractivity contribution in [2.45, 2.75) is 57.1 Å². The number of carbonyl (C=O) groups is 1. The van der Waals surface area contributed by atoms with E-state index >= 15 is 0 Å². The number of hydrogen-bond donors (Lipinski definition) is 2. The molecule has 3 rings (SSSR count). The highest BCUT2D eigenvalue weighted by Gasteiger charge is 2.31. The first-order valence-electron chi connectivity index (χ1n) is 10.2. The van der Waals surface area contributed by atoms with Gasteiger partial charge in [-0.15, -0.1) is 0 Å². The average Bonchev–Trinajstić information content (AvgIpc) is 3.17. The predicted molar refractivity (Wildman–Crippen MR) is 117 cm³/mol. The molecule has 0 aromatic carbocycles. The first-order chi connectivity index (χ1) is 15.1. The number of nitrogens with zero attached hydrogens (tertiary/aromatic N) is 3. The van der Waals surface area contributed by atoms with Gasteiger partial charge in [-0.1, -0.05) is 27.7 Å². The molecule has 0 fully saturated rings. The van der Waals surface area contributed by atoms with Crippen LogP contribution in [0.5, 0.6) is 11.8 Å². The molecule has 0 bridgehead atoms. The van der Waals surface area contributed by atoms with Crippen LogP contribution in [0.3, 0.4) is 0 Å². The average molecular weight is 468 g/mol. The molecule has 1 aliphatic heterocycles. The molecule has 0 radical (unpaired) electrons. The Bertz CT molecular complexity index is 1070. The van der Waals surface area contributed by atoms with Crippen LogP contribution in [0.1, 0.15) is 50.8 Å². The lowest BCUT2D eigenvalue weighted by Gasteiger charge is -2.23. The van der Waals surface area contributed by atoms with E-state index in [1.54, 1.807) is 6.07 Å². The molecule has 0 aliphatic carbocycles. The molecule has 0 unspecified atom stereocenters. The Morgan fingerprint density at radius 3 is 2.56 bits per heavy atom. The largest absolute Gasteiger partial charge is 0.481 e. The van der Waals surface area contributed by atoms with Crippen molar-refractivity contribution < 1.29 is 27.4 Å². The van der Waals surface area contributed by atoms with E-state index in [9.17, 15) is 13.2 Å². The van der Waals surface area contributed by atoms with Crippen molar-refractivity contribution in [3.63, 3.8) is 0 Å². The summed E-state index contributed by atoms with van der Waals surface area (Å²) in [5.41, 5.74) is 1.84. The Morgan fingerprint density at radius 1 is 1.25 bits per heavy atom. The molecule has 1 atom stereocenters. The third kappa shape index (κ3) is 4.80. The van der Waals surface area contributed by atoms with Gasteiger partial charge in [0.1, 0.15) is 12.7 Å². The van der Waals surface area contributed by atoms with Crippen molar-refractivity contribution in [3.8, 4) is 11.8 Å². The Hall–Kier alpha value is -2.86. The molecule has 12 heteroatoms. The number of hydrogen-bond acceptors (Lipinski definition) is 8. The Morgan fingerprint density at radius 2 is 1.97 bits per heavy atom. The third-order valence-electron chi connectivity index (χ3n) is 5.06. The van der Waals surface area contributed by atoms with Crippen molar-refractivity contribution in [3.05, 3.63) is 23.5 Å². The summed E-state index contributed by atoms with van der Waals surface area (Å²) >= 11 is 0. The Balaban J connectivity index is 1.87. The molecule has 176 valence electrons. The van der Waals surface area contributed by atoms with Crippen LogP contribution in [-0.2, 0) is 21.3 Å². The van der Waals surface area contributed by atoms with Gasteiger partial charge in [0, 0.05) is 13.2 Å². The van der Waals surface area contributed by atoms with Crippen LogP contribution in [0.25, 0.3) is 0 Å². The highest BCUT2D eigenvalue weighted by molar-refractivity contribution is 7.90. The second-order valence-corrected chi connectivity index (χ2v) is 9.70. The summed E-state index contributed by atoms with van der Waals surface area (Å²) in [4.78, 5) is 17.0. The first kappa shape index (κ1) is 23.8. The number of aromatic nitrogens is 3. The van der Waals surface area contributed by atoms with Crippen molar-refractivity contribution in [2.75, 3.05) is 26.1 Å². The number of ether oxygens (including phenoxy) is 3. The first-order valence-corrected chi connectivity index (χ1v) is 11.7. The quantitative estimate of drug-likeness (QED) is 0.634. The lowest BCUT2D eigenvalue weighted by Crippen LogP contribution is -2.36. The lowest BCUT2D eigenvalue weighted by atomic mass is 9.97. The van der Waals surface area contributed by atoms with Crippen molar-refractivity contribution in [2.24, 2.45) is 0 Å². The van der Waals surface area contributed by atoms with Crippen LogP contribution in [0, 0.1) is 0 Å². The molecule has 2 aromatic rings. The maximum absolute atomic E-state index is 12.9. The molecule has 0 spiro atoms. The molecule has 32 heavy (non-hydrogen) atoms. The number of amides is 2. The van der Waals surface area contributed by atoms with Gasteiger partial charge in [0.15, 0.2) is 4.90 Å². The minimum atomic E-state index is -4.24. The molecule has 2 amide bonds. The van der Waals surface area contributed by atoms with Crippen LogP contribution < -0.4 is 19.5 Å². The fourth-order valence-electron chi connectivity index (χ4n) is 3.37. The van der Waals surface area contributed by atoms with Gasteiger partial charge in [0.25, 0.3) is 10.0 Å². The maximum atomic E-state index is 12.9. The molecule has 11 nitrogen and oxygen atoms in total. The van der Waals surface area contributed by atoms with Crippen LogP contribution >= 0.6 is 0 Å². The number of urea groups is 1. The molecule has 3 heterocycles.